The van der Waals surface area contributed by atoms with Crippen LogP contribution in [0.4, 0.5) is 10.6 Å². The summed E-state index contributed by atoms with van der Waals surface area (Å²) < 4.78 is 11.5. The molecular formula is C65H71N13O15S6. The first-order chi connectivity index (χ1) is 47.5. The van der Waals surface area contributed by atoms with E-state index < -0.39 is 95.8 Å². The highest BCUT2D eigenvalue weighted by Crippen LogP contribution is 2.44. The second-order valence-electron chi connectivity index (χ2n) is 23.9. The lowest BCUT2D eigenvalue weighted by atomic mass is 9.70. The number of pyridine rings is 1. The van der Waals surface area contributed by atoms with Crippen molar-refractivity contribution < 1.29 is 73.1 Å². The summed E-state index contributed by atoms with van der Waals surface area (Å²) in [5.41, 5.74) is 1.10. The lowest BCUT2D eigenvalue weighted by Gasteiger charge is -2.37. The van der Waals surface area contributed by atoms with E-state index in [0.717, 1.165) is 56.7 Å². The molecule has 1 saturated carbocycles. The Labute approximate surface area is 591 Å². The molecule has 8 heterocycles. The van der Waals surface area contributed by atoms with E-state index in [1.165, 1.54) is 30.4 Å². The van der Waals surface area contributed by atoms with Crippen LogP contribution in [0.15, 0.2) is 64.0 Å². The number of fused-ring (bicyclic) bond motifs is 14. The Bertz CT molecular complexity index is 4270. The fourth-order valence-corrected chi connectivity index (χ4v) is 16.9. The highest BCUT2D eigenvalue weighted by molar-refractivity contribution is 7.15. The molecule has 28 nitrogen and oxygen atoms in total. The molecule has 0 radical (unpaired) electrons. The van der Waals surface area contributed by atoms with Crippen LogP contribution in [0.1, 0.15) is 177 Å². The molecule has 1 fully saturated rings. The molecule has 4 atom stereocenters. The van der Waals surface area contributed by atoms with Crippen molar-refractivity contribution in [3.05, 3.63) is 111 Å². The number of amides is 6. The van der Waals surface area contributed by atoms with Gasteiger partial charge in [-0.1, -0.05) is 50.6 Å². The van der Waals surface area contributed by atoms with E-state index in [-0.39, 0.29) is 117 Å². The minimum Gasteiger partial charge on any atom is -0.481 e. The monoisotopic (exact) mass is 1470 g/mol. The van der Waals surface area contributed by atoms with Gasteiger partial charge in [-0.2, -0.15) is 0 Å². The maximum atomic E-state index is 14.5. The number of carboxylic acid groups (broad SMARTS) is 3. The van der Waals surface area contributed by atoms with E-state index in [1.54, 1.807) is 70.9 Å². The summed E-state index contributed by atoms with van der Waals surface area (Å²) >= 11 is 6.92. The fraction of sp³-hybridized carbons (Fsp3) is 0.415. The van der Waals surface area contributed by atoms with Crippen molar-refractivity contribution in [3.8, 4) is 43.4 Å². The van der Waals surface area contributed by atoms with Gasteiger partial charge in [0.25, 0.3) is 17.7 Å². The number of carbonyl (C=O) groups excluding carboxylic acids is 6. The lowest BCUT2D eigenvalue weighted by molar-refractivity contribution is -0.153. The zero-order valence-corrected chi connectivity index (χ0v) is 59.1. The number of nitrogens with zero attached hydrogens (tertiary/aromatic N) is 8. The third-order valence-corrected chi connectivity index (χ3v) is 22.4. The number of nitrogens with one attached hydrogen (secondary N) is 5. The van der Waals surface area contributed by atoms with Crippen molar-refractivity contribution in [2.24, 2.45) is 11.3 Å². The summed E-state index contributed by atoms with van der Waals surface area (Å²) in [5.74, 6) is -6.10. The summed E-state index contributed by atoms with van der Waals surface area (Å²) in [4.78, 5) is 156. The Kier molecular flexibility index (Phi) is 24.2. The molecule has 9 N–H and O–H groups in total. The number of aliphatic hydroxyl groups is 1. The summed E-state index contributed by atoms with van der Waals surface area (Å²) in [7, 11) is 2.91. The standard InChI is InChI=1S/C65H71N13O15S6/c1-32(2)48-62-77-51(42(99-62)27-92-5)55(87)67-26-45(80)74-52(53(85)34-13-7-6-8-14-34)61-72-41(30-96-61)59-70-39(28-95-59)50-36(57-71-40(29-94-57)54(86)69-38(25-44(79)66-4)60-76-49(33(3)98-60)56(88)75-48)17-18-37(68-50)58-73-43(31-97-58)78(24-12-10-16-47(83)84)64(91)93-35-19-22-65(23-20-35,63(89)90)21-11-9-15-46(81)82/h6-8,13-14,17-18,28-32,35,38,48,52-53,85H,9-12,15-16,19-27H2,1-5H3,(H,66,79)(H,67,87)(H,69,86)(H,74,80)(H,75,88)(H,81,82)(H,83,84)(H,89,90)/t35?,38-,48?,52-,53-,65?/m0/s1. The molecule has 2 aliphatic rings. The molecule has 10 bridgehead atoms. The van der Waals surface area contributed by atoms with Crippen molar-refractivity contribution in [1.82, 2.24) is 61.5 Å². The van der Waals surface area contributed by atoms with Gasteiger partial charge < -0.3 is 56.5 Å². The van der Waals surface area contributed by atoms with E-state index in [0.29, 0.717) is 75.8 Å². The van der Waals surface area contributed by atoms with Gasteiger partial charge in [0, 0.05) is 65.5 Å². The van der Waals surface area contributed by atoms with Gasteiger partial charge in [0.05, 0.1) is 47.6 Å². The van der Waals surface area contributed by atoms with E-state index in [4.69, 9.17) is 49.5 Å². The van der Waals surface area contributed by atoms with Crippen molar-refractivity contribution in [3.63, 3.8) is 0 Å². The number of rotatable bonds is 21. The first-order valence-corrected chi connectivity index (χ1v) is 36.7. The van der Waals surface area contributed by atoms with Gasteiger partial charge in [0.1, 0.15) is 88.3 Å². The van der Waals surface area contributed by atoms with Crippen molar-refractivity contribution in [2.75, 3.05) is 32.1 Å². The van der Waals surface area contributed by atoms with E-state index in [1.807, 2.05) is 13.8 Å². The highest BCUT2D eigenvalue weighted by atomic mass is 32.1. The molecular weight excluding hydrogens is 1400 g/mol. The third kappa shape index (κ3) is 17.8. The Hall–Kier alpha value is -8.90. The number of carboxylic acids is 3. The number of aliphatic carboxylic acids is 3. The van der Waals surface area contributed by atoms with Crippen LogP contribution in [-0.4, -0.2) is 142 Å². The Morgan fingerprint density at radius 2 is 1.35 bits per heavy atom. The fourth-order valence-electron chi connectivity index (χ4n) is 11.3. The van der Waals surface area contributed by atoms with Gasteiger partial charge in [0.2, 0.25) is 11.8 Å². The molecule has 6 amide bonds. The highest BCUT2D eigenvalue weighted by Gasteiger charge is 2.43. The quantitative estimate of drug-likeness (QED) is 0.0302. The third-order valence-electron chi connectivity index (χ3n) is 16.7. The Morgan fingerprint density at radius 1 is 0.677 bits per heavy atom. The van der Waals surface area contributed by atoms with Crippen LogP contribution in [-0.2, 0) is 40.1 Å². The van der Waals surface area contributed by atoms with E-state index in [9.17, 15) is 58.5 Å². The average Bonchev–Trinajstić information content (AvgIpc) is 1.68. The number of methoxy groups -OCH3 is 1. The summed E-state index contributed by atoms with van der Waals surface area (Å²) in [6.45, 7) is 4.88. The largest absolute Gasteiger partial charge is 0.481 e. The molecule has 1 unspecified atom stereocenters. The maximum absolute atomic E-state index is 14.5. The van der Waals surface area contributed by atoms with Crippen LogP contribution in [0.5, 0.6) is 0 Å². The number of aryl methyl sites for hydroxylation is 1. The lowest BCUT2D eigenvalue weighted by Crippen LogP contribution is -2.41. The minimum absolute atomic E-state index is 0.0227. The van der Waals surface area contributed by atoms with Crippen molar-refractivity contribution >= 4 is 127 Å². The number of benzene rings is 1. The van der Waals surface area contributed by atoms with Crippen LogP contribution in [0.2, 0.25) is 0 Å². The summed E-state index contributed by atoms with van der Waals surface area (Å²) in [5, 5.41) is 63.6. The molecule has 0 spiro atoms. The molecule has 1 aromatic carbocycles. The average molecular weight is 1470 g/mol. The van der Waals surface area contributed by atoms with E-state index >= 15 is 0 Å². The predicted octanol–water partition coefficient (Wildman–Crippen LogP) is 10.2. The zero-order chi connectivity index (χ0) is 70.7. The molecule has 8 aromatic rings. The van der Waals surface area contributed by atoms with Crippen LogP contribution in [0.25, 0.3) is 43.4 Å². The number of carbonyl (C=O) groups is 9. The Morgan fingerprint density at radius 3 is 2.06 bits per heavy atom. The summed E-state index contributed by atoms with van der Waals surface area (Å²) in [6, 6.07) is 9.16. The molecule has 0 saturated heterocycles. The number of aromatic nitrogens is 7. The topological polar surface area (TPSA) is 407 Å². The Balaban J connectivity index is 1.01. The molecule has 10 rings (SSSR count). The number of hydrogen-bond donors (Lipinski definition) is 9. The van der Waals surface area contributed by atoms with Crippen LogP contribution in [0.3, 0.4) is 0 Å². The summed E-state index contributed by atoms with van der Waals surface area (Å²) in [6.07, 6.45) is -0.788. The van der Waals surface area contributed by atoms with Gasteiger partial charge in [0.15, 0.2) is 0 Å². The number of ether oxygens (including phenoxy) is 2. The normalized spacial score (nSPS) is 18.7. The second kappa shape index (κ2) is 32.8. The number of hydrogen-bond acceptors (Lipinski definition) is 25. The van der Waals surface area contributed by atoms with E-state index in [2.05, 4.69) is 26.6 Å². The van der Waals surface area contributed by atoms with Gasteiger partial charge in [-0.15, -0.1) is 68.0 Å². The van der Waals surface area contributed by atoms with Gasteiger partial charge >= 0.3 is 24.0 Å². The number of anilines is 1. The molecule has 522 valence electrons. The first-order valence-electron chi connectivity index (χ1n) is 31.6. The van der Waals surface area contributed by atoms with Gasteiger partial charge in [-0.05, 0) is 81.9 Å². The smallest absolute Gasteiger partial charge is 0.415 e. The zero-order valence-electron chi connectivity index (χ0n) is 54.2. The van der Waals surface area contributed by atoms with Crippen molar-refractivity contribution in [1.29, 1.82) is 0 Å². The molecule has 7 aromatic heterocycles. The first kappa shape index (κ1) is 72.8. The van der Waals surface area contributed by atoms with Crippen LogP contribution < -0.4 is 31.5 Å². The number of thiazole rings is 6. The van der Waals surface area contributed by atoms with Crippen LogP contribution >= 0.6 is 68.0 Å². The molecule has 99 heavy (non-hydrogen) atoms. The maximum Gasteiger partial charge on any atom is 0.415 e. The number of aliphatic hydroxyl groups excluding tert-OH is 1. The van der Waals surface area contributed by atoms with Gasteiger partial charge in [-0.3, -0.25) is 43.3 Å². The SMILES string of the molecule is CNC(=O)C[C@@H]1NC(=O)c2csc(n2)-c2ccc(-c3nc(N(CCCCC(=O)O)C(=O)OC4CCC(CCCCC(=O)O)(C(=O)O)CC4)cs3)nc2-c2csc(n2)-c2csc(n2)[C@H]([C@@H](O)c2ccccc2)NC(=O)CNC(=O)c2nc(sc2COC)C(C(C)C)NC(=O)c2nc1sc2C. The predicted molar refractivity (Wildman–Crippen MR) is 371 cm³/mol. The van der Waals surface area contributed by atoms with Crippen molar-refractivity contribution in [2.45, 2.75) is 135 Å². The molecule has 1 aliphatic carbocycles. The second-order valence-corrected chi connectivity index (χ2v) is 29.7. The molecule has 34 heteroatoms. The number of unbranched alkanes of at least 4 members (excludes halogenated alkanes) is 2. The van der Waals surface area contributed by atoms with Gasteiger partial charge in [-0.25, -0.2) is 39.7 Å². The minimum atomic E-state index is -1.32. The van der Waals surface area contributed by atoms with Crippen LogP contribution in [0, 0.1) is 18.3 Å². The molecule has 1 aliphatic heterocycles.